The van der Waals surface area contributed by atoms with Crippen LogP contribution in [-0.2, 0) is 16.6 Å². The molecule has 0 atom stereocenters. The highest BCUT2D eigenvalue weighted by atomic mass is 32.2. The number of aromatic amines is 1. The molecule has 0 aliphatic rings. The molecule has 2 rings (SSSR count). The zero-order valence-corrected chi connectivity index (χ0v) is 10.1. The van der Waals surface area contributed by atoms with Crippen molar-refractivity contribution in [2.24, 2.45) is 0 Å². The maximum Gasteiger partial charge on any atom is 0.268 e. The molecule has 0 radical (unpaired) electrons. The molecule has 0 bridgehead atoms. The second-order valence-corrected chi connectivity index (χ2v) is 4.97. The summed E-state index contributed by atoms with van der Waals surface area (Å²) in [6.45, 7) is 1.04. The fourth-order valence-corrected chi connectivity index (χ4v) is 2.70. The van der Waals surface area contributed by atoms with Crippen LogP contribution in [0.5, 0.6) is 0 Å². The molecule has 3 N–H and O–H groups in total. The van der Waals surface area contributed by atoms with Crippen LogP contribution in [0.2, 0.25) is 0 Å². The van der Waals surface area contributed by atoms with Gasteiger partial charge in [-0.2, -0.15) is 10.2 Å². The summed E-state index contributed by atoms with van der Waals surface area (Å²) in [5, 5.41) is 22.2. The Hall–Kier alpha value is -2.07. The van der Waals surface area contributed by atoms with Gasteiger partial charge in [-0.15, -0.1) is 5.10 Å². The minimum absolute atomic E-state index is 0.0314. The third kappa shape index (κ3) is 2.28. The van der Waals surface area contributed by atoms with Crippen LogP contribution in [0, 0.1) is 6.92 Å². The van der Waals surface area contributed by atoms with E-state index >= 15 is 0 Å². The van der Waals surface area contributed by atoms with E-state index in [0.29, 0.717) is 5.69 Å². The molecule has 18 heavy (non-hydrogen) atoms. The number of nitrogens with zero attached hydrogens (tertiary/aromatic N) is 4. The van der Waals surface area contributed by atoms with Crippen LogP contribution in [0.25, 0.3) is 0 Å². The highest BCUT2D eigenvalue weighted by molar-refractivity contribution is 7.92. The SMILES string of the molecule is Cc1[nH]nc(CO)c1S(=O)(=O)Nc1nccnn1. The standard InChI is InChI=1S/C8H10N6O3S/c1-5-7(6(4-15)12-11-5)18(16,17)14-8-9-2-3-10-13-8/h2-3,15H,4H2,1H3,(H,11,12)(H,9,13,14). The summed E-state index contributed by atoms with van der Waals surface area (Å²) in [5.74, 6) is -0.151. The number of aliphatic hydroxyl groups excluding tert-OH is 1. The van der Waals surface area contributed by atoms with Crippen LogP contribution in [0.4, 0.5) is 5.95 Å². The summed E-state index contributed by atoms with van der Waals surface area (Å²) in [5.41, 5.74) is 0.347. The summed E-state index contributed by atoms with van der Waals surface area (Å²) in [7, 11) is -3.91. The summed E-state index contributed by atoms with van der Waals surface area (Å²) >= 11 is 0. The number of hydrogen-bond donors (Lipinski definition) is 3. The maximum absolute atomic E-state index is 12.1. The van der Waals surface area contributed by atoms with Crippen LogP contribution in [0.3, 0.4) is 0 Å². The largest absolute Gasteiger partial charge is 0.390 e. The number of aromatic nitrogens is 5. The number of nitrogens with one attached hydrogen (secondary N) is 2. The highest BCUT2D eigenvalue weighted by Crippen LogP contribution is 2.19. The van der Waals surface area contributed by atoms with Crippen LogP contribution < -0.4 is 4.72 Å². The van der Waals surface area contributed by atoms with Gasteiger partial charge in [0.05, 0.1) is 24.7 Å². The first kappa shape index (κ1) is 12.4. The lowest BCUT2D eigenvalue weighted by Crippen LogP contribution is -2.17. The van der Waals surface area contributed by atoms with Gasteiger partial charge in [0.15, 0.2) is 0 Å². The summed E-state index contributed by atoms with van der Waals surface area (Å²) < 4.78 is 26.3. The summed E-state index contributed by atoms with van der Waals surface area (Å²) in [4.78, 5) is 3.59. The van der Waals surface area contributed by atoms with Gasteiger partial charge in [0.2, 0.25) is 0 Å². The van der Waals surface area contributed by atoms with Crippen molar-refractivity contribution in [3.8, 4) is 0 Å². The van der Waals surface area contributed by atoms with E-state index in [2.05, 4.69) is 30.1 Å². The van der Waals surface area contributed by atoms with Crippen molar-refractivity contribution in [3.63, 3.8) is 0 Å². The van der Waals surface area contributed by atoms with Gasteiger partial charge in [-0.3, -0.25) is 5.10 Å². The van der Waals surface area contributed by atoms with Gasteiger partial charge in [0, 0.05) is 0 Å². The molecule has 0 aliphatic heterocycles. The third-order valence-corrected chi connectivity index (χ3v) is 3.62. The molecule has 0 fully saturated rings. The van der Waals surface area contributed by atoms with Crippen LogP contribution in [-0.4, -0.2) is 38.9 Å². The highest BCUT2D eigenvalue weighted by Gasteiger charge is 2.24. The number of H-pyrrole nitrogens is 1. The summed E-state index contributed by atoms with van der Waals surface area (Å²) in [6.07, 6.45) is 2.63. The van der Waals surface area contributed by atoms with E-state index < -0.39 is 16.6 Å². The second-order valence-electron chi connectivity index (χ2n) is 3.35. The maximum atomic E-state index is 12.1. The minimum Gasteiger partial charge on any atom is -0.390 e. The normalized spacial score (nSPS) is 11.4. The van der Waals surface area contributed by atoms with E-state index in [-0.39, 0.29) is 16.5 Å². The zero-order valence-electron chi connectivity index (χ0n) is 9.32. The molecule has 2 heterocycles. The van der Waals surface area contributed by atoms with Crippen molar-refractivity contribution in [2.75, 3.05) is 4.72 Å². The molecule has 0 aliphatic carbocycles. The van der Waals surface area contributed by atoms with E-state index in [1.54, 1.807) is 0 Å². The quantitative estimate of drug-likeness (QED) is 0.661. The number of rotatable bonds is 4. The van der Waals surface area contributed by atoms with Gasteiger partial charge in [-0.05, 0) is 6.92 Å². The van der Waals surface area contributed by atoms with Gasteiger partial charge >= 0.3 is 0 Å². The van der Waals surface area contributed by atoms with Gasteiger partial charge < -0.3 is 5.11 Å². The number of sulfonamides is 1. The van der Waals surface area contributed by atoms with Crippen LogP contribution in [0.1, 0.15) is 11.4 Å². The predicted molar refractivity (Wildman–Crippen MR) is 59.9 cm³/mol. The van der Waals surface area contributed by atoms with E-state index in [1.807, 2.05) is 0 Å². The number of aryl methyl sites for hydroxylation is 1. The van der Waals surface area contributed by atoms with Crippen LogP contribution in [0.15, 0.2) is 17.3 Å². The fraction of sp³-hybridized carbons (Fsp3) is 0.250. The first-order valence-corrected chi connectivity index (χ1v) is 6.34. The Kier molecular flexibility index (Phi) is 3.21. The Morgan fingerprint density at radius 3 is 2.83 bits per heavy atom. The monoisotopic (exact) mass is 270 g/mol. The first-order chi connectivity index (χ1) is 8.54. The molecule has 0 unspecified atom stereocenters. The smallest absolute Gasteiger partial charge is 0.268 e. The number of hydrogen-bond acceptors (Lipinski definition) is 7. The topological polar surface area (TPSA) is 134 Å². The van der Waals surface area contributed by atoms with E-state index in [0.717, 1.165) is 0 Å². The third-order valence-electron chi connectivity index (χ3n) is 2.09. The molecule has 2 aromatic heterocycles. The zero-order chi connectivity index (χ0) is 13.2. The molecule has 0 spiro atoms. The molecule has 0 amide bonds. The number of anilines is 1. The molecular weight excluding hydrogens is 260 g/mol. The van der Waals surface area contributed by atoms with E-state index in [1.165, 1.54) is 19.3 Å². The van der Waals surface area contributed by atoms with Crippen molar-refractivity contribution in [1.82, 2.24) is 25.4 Å². The lowest BCUT2D eigenvalue weighted by molar-refractivity contribution is 0.273. The molecule has 0 saturated carbocycles. The van der Waals surface area contributed by atoms with Crippen molar-refractivity contribution < 1.29 is 13.5 Å². The van der Waals surface area contributed by atoms with Crippen molar-refractivity contribution in [2.45, 2.75) is 18.4 Å². The minimum atomic E-state index is -3.91. The fourth-order valence-electron chi connectivity index (χ4n) is 1.40. The van der Waals surface area contributed by atoms with Gasteiger partial charge in [0.25, 0.3) is 16.0 Å². The summed E-state index contributed by atoms with van der Waals surface area (Å²) in [6, 6.07) is 0. The Labute approximate surface area is 102 Å². The van der Waals surface area contributed by atoms with Gasteiger partial charge in [0.1, 0.15) is 10.6 Å². The average molecular weight is 270 g/mol. The second kappa shape index (κ2) is 4.66. The van der Waals surface area contributed by atoms with Crippen LogP contribution >= 0.6 is 0 Å². The molecule has 0 aromatic carbocycles. The van der Waals surface area contributed by atoms with Gasteiger partial charge in [-0.25, -0.2) is 18.1 Å². The van der Waals surface area contributed by atoms with Gasteiger partial charge in [-0.1, -0.05) is 0 Å². The van der Waals surface area contributed by atoms with Crippen molar-refractivity contribution in [1.29, 1.82) is 0 Å². The molecule has 9 nitrogen and oxygen atoms in total. The lowest BCUT2D eigenvalue weighted by Gasteiger charge is -2.05. The lowest BCUT2D eigenvalue weighted by atomic mass is 10.4. The molecular formula is C8H10N6O3S. The Bertz CT molecular complexity index is 638. The Morgan fingerprint density at radius 2 is 2.22 bits per heavy atom. The Balaban J connectivity index is 2.40. The average Bonchev–Trinajstić information content (AvgIpc) is 2.72. The molecule has 2 aromatic rings. The van der Waals surface area contributed by atoms with Crippen molar-refractivity contribution >= 4 is 16.0 Å². The predicted octanol–water partition coefficient (Wildman–Crippen LogP) is -0.804. The Morgan fingerprint density at radius 1 is 1.44 bits per heavy atom. The molecule has 10 heteroatoms. The van der Waals surface area contributed by atoms with Crippen molar-refractivity contribution in [3.05, 3.63) is 23.8 Å². The van der Waals surface area contributed by atoms with E-state index in [9.17, 15) is 8.42 Å². The number of aliphatic hydroxyl groups is 1. The van der Waals surface area contributed by atoms with E-state index in [4.69, 9.17) is 5.11 Å². The molecule has 0 saturated heterocycles. The molecule has 96 valence electrons. The first-order valence-electron chi connectivity index (χ1n) is 4.86.